The van der Waals surface area contributed by atoms with Gasteiger partial charge in [0.25, 0.3) is 0 Å². The SMILES string of the molecule is C#CCNC(=O)[C@@H](N)c1ccccc1.Cl. The van der Waals surface area contributed by atoms with Crippen LogP contribution in [0.3, 0.4) is 0 Å². The molecule has 80 valence electrons. The van der Waals surface area contributed by atoms with Gasteiger partial charge in [0.2, 0.25) is 5.91 Å². The molecule has 0 saturated heterocycles. The Hall–Kier alpha value is -1.50. The average Bonchev–Trinajstić information content (AvgIpc) is 2.26. The maximum absolute atomic E-state index is 11.4. The zero-order chi connectivity index (χ0) is 10.4. The lowest BCUT2D eigenvalue weighted by molar-refractivity contribution is -0.122. The van der Waals surface area contributed by atoms with Crippen LogP contribution in [0.15, 0.2) is 30.3 Å². The van der Waals surface area contributed by atoms with Crippen molar-refractivity contribution < 1.29 is 4.79 Å². The Kier molecular flexibility index (Phi) is 6.19. The zero-order valence-electron chi connectivity index (χ0n) is 8.14. The maximum atomic E-state index is 11.4. The maximum Gasteiger partial charge on any atom is 0.242 e. The van der Waals surface area contributed by atoms with Crippen LogP contribution in [0.2, 0.25) is 0 Å². The molecule has 0 unspecified atom stereocenters. The van der Waals surface area contributed by atoms with E-state index in [9.17, 15) is 4.79 Å². The largest absolute Gasteiger partial charge is 0.344 e. The molecule has 0 aliphatic rings. The van der Waals surface area contributed by atoms with Crippen molar-refractivity contribution in [3.05, 3.63) is 35.9 Å². The molecule has 0 radical (unpaired) electrons. The van der Waals surface area contributed by atoms with Crippen molar-refractivity contribution in [2.24, 2.45) is 5.73 Å². The van der Waals surface area contributed by atoms with E-state index in [1.165, 1.54) is 0 Å². The van der Waals surface area contributed by atoms with E-state index >= 15 is 0 Å². The van der Waals surface area contributed by atoms with Gasteiger partial charge in [0.15, 0.2) is 0 Å². The second-order valence-corrected chi connectivity index (χ2v) is 2.81. The molecule has 0 aromatic heterocycles. The Morgan fingerprint density at radius 2 is 2.07 bits per heavy atom. The van der Waals surface area contributed by atoms with Crippen LogP contribution in [0, 0.1) is 12.3 Å². The number of amides is 1. The molecule has 0 fully saturated rings. The minimum atomic E-state index is -0.649. The molecule has 0 aliphatic carbocycles. The Morgan fingerprint density at radius 3 is 2.60 bits per heavy atom. The van der Waals surface area contributed by atoms with Gasteiger partial charge in [0, 0.05) is 0 Å². The summed E-state index contributed by atoms with van der Waals surface area (Å²) in [6.45, 7) is 0.208. The summed E-state index contributed by atoms with van der Waals surface area (Å²) in [5.41, 5.74) is 6.48. The summed E-state index contributed by atoms with van der Waals surface area (Å²) in [6.07, 6.45) is 5.01. The highest BCUT2D eigenvalue weighted by Gasteiger charge is 2.13. The lowest BCUT2D eigenvalue weighted by Crippen LogP contribution is -2.34. The first-order valence-electron chi connectivity index (χ1n) is 4.27. The van der Waals surface area contributed by atoms with Gasteiger partial charge in [-0.3, -0.25) is 4.79 Å². The van der Waals surface area contributed by atoms with Gasteiger partial charge in [0.05, 0.1) is 6.54 Å². The highest BCUT2D eigenvalue weighted by atomic mass is 35.5. The molecule has 3 nitrogen and oxygen atoms in total. The van der Waals surface area contributed by atoms with Crippen molar-refractivity contribution in [2.75, 3.05) is 6.54 Å². The summed E-state index contributed by atoms with van der Waals surface area (Å²) in [6, 6.07) is 8.51. The zero-order valence-corrected chi connectivity index (χ0v) is 8.96. The third kappa shape index (κ3) is 4.03. The van der Waals surface area contributed by atoms with Crippen molar-refractivity contribution in [1.82, 2.24) is 5.32 Å². The Labute approximate surface area is 95.5 Å². The number of halogens is 1. The number of hydrogen-bond donors (Lipinski definition) is 2. The number of carbonyl (C=O) groups excluding carboxylic acids is 1. The molecule has 0 heterocycles. The topological polar surface area (TPSA) is 55.1 Å². The van der Waals surface area contributed by atoms with Gasteiger partial charge in [-0.05, 0) is 5.56 Å². The second kappa shape index (κ2) is 6.88. The van der Waals surface area contributed by atoms with Crippen LogP contribution in [-0.2, 0) is 4.79 Å². The second-order valence-electron chi connectivity index (χ2n) is 2.81. The Bertz CT molecular complexity index is 345. The summed E-state index contributed by atoms with van der Waals surface area (Å²) in [4.78, 5) is 11.4. The van der Waals surface area contributed by atoms with E-state index < -0.39 is 6.04 Å². The van der Waals surface area contributed by atoms with Gasteiger partial charge in [-0.25, -0.2) is 0 Å². The molecule has 0 aliphatic heterocycles. The minimum absolute atomic E-state index is 0. The number of carbonyl (C=O) groups is 1. The van der Waals surface area contributed by atoms with Crippen molar-refractivity contribution in [3.8, 4) is 12.3 Å². The molecule has 0 bridgehead atoms. The van der Waals surface area contributed by atoms with Crippen molar-refractivity contribution in [3.63, 3.8) is 0 Å². The number of rotatable bonds is 3. The number of benzene rings is 1. The number of nitrogens with two attached hydrogens (primary N) is 1. The number of terminal acetylenes is 1. The van der Waals surface area contributed by atoms with Crippen molar-refractivity contribution in [2.45, 2.75) is 6.04 Å². The van der Waals surface area contributed by atoms with E-state index in [0.29, 0.717) is 0 Å². The minimum Gasteiger partial charge on any atom is -0.344 e. The van der Waals surface area contributed by atoms with E-state index in [4.69, 9.17) is 12.2 Å². The fourth-order valence-electron chi connectivity index (χ4n) is 1.06. The van der Waals surface area contributed by atoms with Crippen LogP contribution in [0.5, 0.6) is 0 Å². The van der Waals surface area contributed by atoms with Gasteiger partial charge < -0.3 is 11.1 Å². The number of nitrogens with one attached hydrogen (secondary N) is 1. The van der Waals surface area contributed by atoms with E-state index in [-0.39, 0.29) is 24.9 Å². The standard InChI is InChI=1S/C11H12N2O.ClH/c1-2-8-13-11(14)10(12)9-6-4-3-5-7-9;/h1,3-7,10H,8,12H2,(H,13,14);1H/t10-;/m0./s1. The summed E-state index contributed by atoms with van der Waals surface area (Å²) in [5, 5.41) is 2.53. The quantitative estimate of drug-likeness (QED) is 0.749. The summed E-state index contributed by atoms with van der Waals surface area (Å²) < 4.78 is 0. The fraction of sp³-hybridized carbons (Fsp3) is 0.182. The molecule has 0 saturated carbocycles. The monoisotopic (exact) mass is 224 g/mol. The first-order valence-corrected chi connectivity index (χ1v) is 4.27. The molecule has 1 rings (SSSR count). The first kappa shape index (κ1) is 13.5. The fourth-order valence-corrected chi connectivity index (χ4v) is 1.06. The van der Waals surface area contributed by atoms with E-state index in [1.807, 2.05) is 18.2 Å². The van der Waals surface area contributed by atoms with Gasteiger partial charge in [-0.1, -0.05) is 36.3 Å². The lowest BCUT2D eigenvalue weighted by atomic mass is 10.1. The Morgan fingerprint density at radius 1 is 1.47 bits per heavy atom. The smallest absolute Gasteiger partial charge is 0.242 e. The average molecular weight is 225 g/mol. The van der Waals surface area contributed by atoms with Gasteiger partial charge in [0.1, 0.15) is 6.04 Å². The van der Waals surface area contributed by atoms with Crippen LogP contribution in [0.1, 0.15) is 11.6 Å². The summed E-state index contributed by atoms with van der Waals surface area (Å²) in [5.74, 6) is 2.06. The van der Waals surface area contributed by atoms with Gasteiger partial charge >= 0.3 is 0 Å². The Balaban J connectivity index is 0.00000196. The van der Waals surface area contributed by atoms with Crippen LogP contribution in [0.4, 0.5) is 0 Å². The number of hydrogen-bond acceptors (Lipinski definition) is 2. The normalized spacial score (nSPS) is 10.7. The molecule has 15 heavy (non-hydrogen) atoms. The van der Waals surface area contributed by atoms with E-state index in [2.05, 4.69) is 11.2 Å². The summed E-state index contributed by atoms with van der Waals surface area (Å²) >= 11 is 0. The molecule has 3 N–H and O–H groups in total. The van der Waals surface area contributed by atoms with E-state index in [1.54, 1.807) is 12.1 Å². The van der Waals surface area contributed by atoms with Crippen LogP contribution in [0.25, 0.3) is 0 Å². The molecule has 1 amide bonds. The molecule has 1 aromatic rings. The van der Waals surface area contributed by atoms with Gasteiger partial charge in [-0.15, -0.1) is 18.8 Å². The van der Waals surface area contributed by atoms with Crippen molar-refractivity contribution in [1.29, 1.82) is 0 Å². The molecule has 1 atom stereocenters. The van der Waals surface area contributed by atoms with Crippen molar-refractivity contribution >= 4 is 18.3 Å². The first-order chi connectivity index (χ1) is 6.75. The predicted molar refractivity (Wildman–Crippen MR) is 62.5 cm³/mol. The van der Waals surface area contributed by atoms with E-state index in [0.717, 1.165) is 5.56 Å². The van der Waals surface area contributed by atoms with Crippen LogP contribution >= 0.6 is 12.4 Å². The molecule has 1 aromatic carbocycles. The highest BCUT2D eigenvalue weighted by molar-refractivity contribution is 5.85. The van der Waals surface area contributed by atoms with Crippen LogP contribution < -0.4 is 11.1 Å². The van der Waals surface area contributed by atoms with Gasteiger partial charge in [-0.2, -0.15) is 0 Å². The summed E-state index contributed by atoms with van der Waals surface area (Å²) in [7, 11) is 0. The third-order valence-corrected chi connectivity index (χ3v) is 1.81. The third-order valence-electron chi connectivity index (χ3n) is 1.81. The lowest BCUT2D eigenvalue weighted by Gasteiger charge is -2.10. The molecular weight excluding hydrogens is 212 g/mol. The molecular formula is C11H13ClN2O. The molecule has 4 heteroatoms. The molecule has 0 spiro atoms. The predicted octanol–water partition coefficient (Wildman–Crippen LogP) is 0.858. The van der Waals surface area contributed by atoms with Crippen LogP contribution in [-0.4, -0.2) is 12.5 Å². The highest BCUT2D eigenvalue weighted by Crippen LogP contribution is 2.08.